The minimum Gasteiger partial charge on any atom is -0.480 e. The predicted molar refractivity (Wildman–Crippen MR) is 48.2 cm³/mol. The number of carbonyl (C=O) groups excluding carboxylic acids is 1. The number of hydrogen-bond donors (Lipinski definition) is 2. The average molecular weight is 213 g/mol. The van der Waals surface area contributed by atoms with E-state index < -0.39 is 17.9 Å². The van der Waals surface area contributed by atoms with Crippen molar-refractivity contribution in [3.63, 3.8) is 0 Å². The molecule has 1 aromatic heterocycles. The highest BCUT2D eigenvalue weighted by atomic mass is 16.5. The first-order chi connectivity index (χ1) is 7.04. The monoisotopic (exact) mass is 213 g/mol. The van der Waals surface area contributed by atoms with Crippen LogP contribution in [0.5, 0.6) is 0 Å². The Bertz CT molecular complexity index is 374. The summed E-state index contributed by atoms with van der Waals surface area (Å²) in [6.45, 7) is 3.19. The fourth-order valence-electron chi connectivity index (χ4n) is 0.953. The lowest BCUT2D eigenvalue weighted by Crippen LogP contribution is -2.40. The molecule has 0 fully saturated rings. The summed E-state index contributed by atoms with van der Waals surface area (Å²) < 4.78 is 4.59. The van der Waals surface area contributed by atoms with Crippen LogP contribution < -0.4 is 5.32 Å². The highest BCUT2D eigenvalue weighted by Crippen LogP contribution is 1.97. The highest BCUT2D eigenvalue weighted by Gasteiger charge is 2.21. The molecule has 0 bridgehead atoms. The summed E-state index contributed by atoms with van der Waals surface area (Å²) in [5.41, 5.74) is 0. The normalized spacial score (nSPS) is 12.1. The van der Waals surface area contributed by atoms with Crippen molar-refractivity contribution in [3.05, 3.63) is 11.7 Å². The molecule has 7 nitrogen and oxygen atoms in total. The van der Waals surface area contributed by atoms with E-state index in [1.54, 1.807) is 6.92 Å². The molecular weight excluding hydrogens is 202 g/mol. The number of carboxylic acids is 1. The smallest absolute Gasteiger partial charge is 0.326 e. The Kier molecular flexibility index (Phi) is 3.37. The Hall–Kier alpha value is -1.92. The molecule has 1 rings (SSSR count). The summed E-state index contributed by atoms with van der Waals surface area (Å²) in [6, 6.07) is -0.934. The zero-order valence-electron chi connectivity index (χ0n) is 8.35. The van der Waals surface area contributed by atoms with Gasteiger partial charge in [0, 0.05) is 6.92 Å². The summed E-state index contributed by atoms with van der Waals surface area (Å²) >= 11 is 0. The van der Waals surface area contributed by atoms with Gasteiger partial charge in [0.05, 0.1) is 0 Å². The van der Waals surface area contributed by atoms with Gasteiger partial charge in [-0.1, -0.05) is 12.1 Å². The Morgan fingerprint density at radius 3 is 2.67 bits per heavy atom. The number of rotatable bonds is 4. The van der Waals surface area contributed by atoms with Crippen LogP contribution in [0.2, 0.25) is 0 Å². The number of carbonyl (C=O) groups is 2. The van der Waals surface area contributed by atoms with Crippen molar-refractivity contribution in [1.29, 1.82) is 0 Å². The van der Waals surface area contributed by atoms with Crippen molar-refractivity contribution in [2.75, 3.05) is 0 Å². The SMILES string of the molecule is CC[C@H](NC(=O)c1noc(C)n1)C(=O)O. The molecule has 0 saturated carbocycles. The number of nitrogens with zero attached hydrogens (tertiary/aromatic N) is 2. The maximum absolute atomic E-state index is 11.4. The van der Waals surface area contributed by atoms with Gasteiger partial charge in [-0.25, -0.2) is 4.79 Å². The van der Waals surface area contributed by atoms with E-state index in [9.17, 15) is 9.59 Å². The number of aryl methyl sites for hydroxylation is 1. The summed E-state index contributed by atoms with van der Waals surface area (Å²) in [6.07, 6.45) is 0.290. The quantitative estimate of drug-likeness (QED) is 0.727. The number of aromatic nitrogens is 2. The zero-order chi connectivity index (χ0) is 11.4. The lowest BCUT2D eigenvalue weighted by Gasteiger charge is -2.09. The van der Waals surface area contributed by atoms with E-state index in [-0.39, 0.29) is 18.1 Å². The first kappa shape index (κ1) is 11.2. The van der Waals surface area contributed by atoms with Crippen LogP contribution in [0.3, 0.4) is 0 Å². The van der Waals surface area contributed by atoms with Crippen molar-refractivity contribution in [2.45, 2.75) is 26.3 Å². The van der Waals surface area contributed by atoms with Gasteiger partial charge in [0.25, 0.3) is 11.7 Å². The molecule has 0 aromatic carbocycles. The number of hydrogen-bond acceptors (Lipinski definition) is 5. The molecule has 82 valence electrons. The maximum Gasteiger partial charge on any atom is 0.326 e. The van der Waals surface area contributed by atoms with Crippen molar-refractivity contribution < 1.29 is 19.2 Å². The van der Waals surface area contributed by atoms with Crippen LogP contribution in [0.1, 0.15) is 29.9 Å². The zero-order valence-corrected chi connectivity index (χ0v) is 8.35. The van der Waals surface area contributed by atoms with E-state index in [4.69, 9.17) is 5.11 Å². The molecule has 1 aromatic rings. The van der Waals surface area contributed by atoms with Crippen LogP contribution in [0, 0.1) is 6.92 Å². The third-order valence-electron chi connectivity index (χ3n) is 1.74. The third-order valence-corrected chi connectivity index (χ3v) is 1.74. The van der Waals surface area contributed by atoms with Gasteiger partial charge in [-0.2, -0.15) is 4.98 Å². The second kappa shape index (κ2) is 4.54. The fraction of sp³-hybridized carbons (Fsp3) is 0.500. The minimum absolute atomic E-state index is 0.160. The molecule has 0 spiro atoms. The molecule has 0 unspecified atom stereocenters. The number of aliphatic carboxylic acids is 1. The topological polar surface area (TPSA) is 105 Å². The molecule has 0 radical (unpaired) electrons. The van der Waals surface area contributed by atoms with Crippen LogP contribution in [-0.4, -0.2) is 33.2 Å². The Morgan fingerprint density at radius 1 is 1.60 bits per heavy atom. The van der Waals surface area contributed by atoms with Crippen LogP contribution in [0.25, 0.3) is 0 Å². The standard InChI is InChI=1S/C8H11N3O4/c1-3-5(8(13)14)10-7(12)6-9-4(2)15-11-6/h5H,3H2,1-2H3,(H,10,12)(H,13,14)/t5-/m0/s1. The maximum atomic E-state index is 11.4. The molecule has 2 N–H and O–H groups in total. The molecule has 1 atom stereocenters. The molecule has 1 heterocycles. The van der Waals surface area contributed by atoms with E-state index in [1.807, 2.05) is 0 Å². The predicted octanol–water partition coefficient (Wildman–Crippen LogP) is -0.0290. The van der Waals surface area contributed by atoms with Crippen LogP contribution in [-0.2, 0) is 4.79 Å². The van der Waals surface area contributed by atoms with Crippen LogP contribution in [0.15, 0.2) is 4.52 Å². The van der Waals surface area contributed by atoms with E-state index in [1.165, 1.54) is 6.92 Å². The van der Waals surface area contributed by atoms with E-state index in [2.05, 4.69) is 20.0 Å². The van der Waals surface area contributed by atoms with Gasteiger partial charge in [0.15, 0.2) is 0 Å². The summed E-state index contributed by atoms with van der Waals surface area (Å²) in [4.78, 5) is 25.7. The largest absolute Gasteiger partial charge is 0.480 e. The molecular formula is C8H11N3O4. The van der Waals surface area contributed by atoms with Gasteiger partial charge in [0.2, 0.25) is 5.89 Å². The first-order valence-electron chi connectivity index (χ1n) is 4.38. The molecule has 1 amide bonds. The Balaban J connectivity index is 2.66. The molecule has 0 aliphatic carbocycles. The van der Waals surface area contributed by atoms with E-state index in [0.29, 0.717) is 0 Å². The first-order valence-corrected chi connectivity index (χ1v) is 4.38. The van der Waals surface area contributed by atoms with Crippen LogP contribution >= 0.6 is 0 Å². The molecule has 7 heteroatoms. The highest BCUT2D eigenvalue weighted by molar-refractivity contribution is 5.93. The van der Waals surface area contributed by atoms with Gasteiger partial charge in [0.1, 0.15) is 6.04 Å². The molecule has 0 aliphatic heterocycles. The van der Waals surface area contributed by atoms with Crippen molar-refractivity contribution in [3.8, 4) is 0 Å². The van der Waals surface area contributed by atoms with Crippen molar-refractivity contribution in [1.82, 2.24) is 15.5 Å². The van der Waals surface area contributed by atoms with E-state index in [0.717, 1.165) is 0 Å². The number of amides is 1. The van der Waals surface area contributed by atoms with E-state index >= 15 is 0 Å². The molecule has 0 saturated heterocycles. The summed E-state index contributed by atoms with van der Waals surface area (Å²) in [5, 5.41) is 14.3. The van der Waals surface area contributed by atoms with Gasteiger partial charge in [-0.15, -0.1) is 0 Å². The minimum atomic E-state index is -1.09. The lowest BCUT2D eigenvalue weighted by molar-refractivity contribution is -0.139. The van der Waals surface area contributed by atoms with Gasteiger partial charge in [-0.3, -0.25) is 4.79 Å². The molecule has 0 aliphatic rings. The van der Waals surface area contributed by atoms with Gasteiger partial charge >= 0.3 is 5.97 Å². The van der Waals surface area contributed by atoms with Crippen molar-refractivity contribution in [2.24, 2.45) is 0 Å². The Morgan fingerprint density at radius 2 is 2.27 bits per heavy atom. The average Bonchev–Trinajstić information content (AvgIpc) is 2.60. The number of nitrogens with one attached hydrogen (secondary N) is 1. The van der Waals surface area contributed by atoms with Crippen molar-refractivity contribution >= 4 is 11.9 Å². The summed E-state index contributed by atoms with van der Waals surface area (Å²) in [7, 11) is 0. The second-order valence-electron chi connectivity index (χ2n) is 2.91. The molecule has 15 heavy (non-hydrogen) atoms. The summed E-state index contributed by atoms with van der Waals surface area (Å²) in [5.74, 6) is -1.65. The Labute approximate surface area is 85.5 Å². The van der Waals surface area contributed by atoms with Gasteiger partial charge < -0.3 is 14.9 Å². The number of carboxylic acid groups (broad SMARTS) is 1. The fourth-order valence-corrected chi connectivity index (χ4v) is 0.953. The second-order valence-corrected chi connectivity index (χ2v) is 2.91. The lowest BCUT2D eigenvalue weighted by atomic mass is 10.2. The van der Waals surface area contributed by atoms with Gasteiger partial charge in [-0.05, 0) is 6.42 Å². The third kappa shape index (κ3) is 2.76. The van der Waals surface area contributed by atoms with Crippen LogP contribution in [0.4, 0.5) is 0 Å².